The summed E-state index contributed by atoms with van der Waals surface area (Å²) >= 11 is 0. The summed E-state index contributed by atoms with van der Waals surface area (Å²) in [7, 11) is 0. The van der Waals surface area contributed by atoms with Gasteiger partial charge < -0.3 is 21.1 Å². The van der Waals surface area contributed by atoms with Gasteiger partial charge in [0.2, 0.25) is 11.8 Å². The first kappa shape index (κ1) is 18.2. The van der Waals surface area contributed by atoms with Gasteiger partial charge in [0.25, 0.3) is 0 Å². The van der Waals surface area contributed by atoms with Crippen LogP contribution in [0.25, 0.3) is 12.2 Å². The first-order valence-corrected chi connectivity index (χ1v) is 7.14. The molecule has 7 nitrogen and oxygen atoms in total. The van der Waals surface area contributed by atoms with Crippen LogP contribution in [0.15, 0.2) is 18.9 Å². The van der Waals surface area contributed by atoms with Gasteiger partial charge in [-0.05, 0) is 18.6 Å². The fraction of sp³-hybridized carbons (Fsp3) is 0.312. The molecular weight excluding hydrogens is 298 g/mol. The number of H-pyrrole nitrogens is 1. The van der Waals surface area contributed by atoms with Crippen LogP contribution < -0.4 is 11.1 Å². The maximum Gasteiger partial charge on any atom is 0.303 e. The predicted molar refractivity (Wildman–Crippen MR) is 87.3 cm³/mol. The Morgan fingerprint density at radius 3 is 2.65 bits per heavy atom. The monoisotopic (exact) mass is 319 g/mol. The summed E-state index contributed by atoms with van der Waals surface area (Å²) in [6, 6.07) is -0.909. The first-order valence-electron chi connectivity index (χ1n) is 7.14. The average molecular weight is 319 g/mol. The molecule has 1 aromatic heterocycles. The molecule has 2 amide bonds. The first-order chi connectivity index (χ1) is 10.9. The molecule has 0 saturated carbocycles. The lowest BCUT2D eigenvalue weighted by atomic mass is 10.0. The van der Waals surface area contributed by atoms with E-state index in [1.165, 1.54) is 0 Å². The third-order valence-electron chi connectivity index (χ3n) is 3.24. The number of nitrogens with one attached hydrogen (secondary N) is 2. The number of carbonyl (C=O) groups excluding carboxylic acids is 2. The molecule has 124 valence electrons. The van der Waals surface area contributed by atoms with Crippen LogP contribution in [-0.2, 0) is 20.8 Å². The molecule has 0 fully saturated rings. The maximum atomic E-state index is 11.7. The van der Waals surface area contributed by atoms with Crippen molar-refractivity contribution in [1.82, 2.24) is 10.3 Å². The highest BCUT2D eigenvalue weighted by Crippen LogP contribution is 2.19. The fourth-order valence-corrected chi connectivity index (χ4v) is 2.12. The third kappa shape index (κ3) is 5.46. The van der Waals surface area contributed by atoms with E-state index in [0.717, 1.165) is 16.8 Å². The Labute approximate surface area is 134 Å². The number of nitrogens with two attached hydrogens (primary N) is 1. The zero-order valence-electron chi connectivity index (χ0n) is 13.0. The topological polar surface area (TPSA) is 125 Å². The number of hydrogen-bond donors (Lipinski definition) is 4. The summed E-state index contributed by atoms with van der Waals surface area (Å²) in [5.41, 5.74) is 7.81. The molecule has 0 unspecified atom stereocenters. The molecular formula is C16H21N3O4. The molecule has 23 heavy (non-hydrogen) atoms. The standard InChI is InChI=1S/C16H21N3O4/c1-3-5-11-10(9-18-12(11)4-2)8-13(16(17)23)19-14(20)6-7-15(21)22/h3-5,9,13,18H,2,6-8H2,1H3,(H2,17,23)(H,19,20)(H,21,22)/b5-3-/t13-/m0/s1. The summed E-state index contributed by atoms with van der Waals surface area (Å²) in [4.78, 5) is 36.8. The lowest BCUT2D eigenvalue weighted by Gasteiger charge is -2.15. The number of aromatic amines is 1. The van der Waals surface area contributed by atoms with E-state index in [9.17, 15) is 14.4 Å². The molecule has 5 N–H and O–H groups in total. The smallest absolute Gasteiger partial charge is 0.303 e. The Morgan fingerprint density at radius 1 is 1.43 bits per heavy atom. The number of allylic oxidation sites excluding steroid dienone is 1. The Bertz CT molecular complexity index is 631. The molecule has 0 aliphatic rings. The van der Waals surface area contributed by atoms with Gasteiger partial charge in [0.1, 0.15) is 6.04 Å². The maximum absolute atomic E-state index is 11.7. The number of amides is 2. The minimum Gasteiger partial charge on any atom is -0.481 e. The number of carboxylic acid groups (broad SMARTS) is 1. The van der Waals surface area contributed by atoms with E-state index in [2.05, 4.69) is 16.9 Å². The van der Waals surface area contributed by atoms with E-state index in [4.69, 9.17) is 10.8 Å². The van der Waals surface area contributed by atoms with Crippen LogP contribution in [0.2, 0.25) is 0 Å². The van der Waals surface area contributed by atoms with Gasteiger partial charge in [-0.25, -0.2) is 0 Å². The second kappa shape index (κ2) is 8.57. The number of aromatic nitrogens is 1. The minimum atomic E-state index is -1.08. The van der Waals surface area contributed by atoms with Gasteiger partial charge in [-0.2, -0.15) is 0 Å². The highest BCUT2D eigenvalue weighted by atomic mass is 16.4. The quantitative estimate of drug-likeness (QED) is 0.543. The van der Waals surface area contributed by atoms with Crippen molar-refractivity contribution in [3.05, 3.63) is 35.7 Å². The Kier molecular flexibility index (Phi) is 6.79. The number of carbonyl (C=O) groups is 3. The van der Waals surface area contributed by atoms with Crippen molar-refractivity contribution >= 4 is 29.9 Å². The van der Waals surface area contributed by atoms with Crippen molar-refractivity contribution in [2.75, 3.05) is 0 Å². The van der Waals surface area contributed by atoms with Crippen molar-refractivity contribution < 1.29 is 19.5 Å². The van der Waals surface area contributed by atoms with Crippen molar-refractivity contribution in [2.24, 2.45) is 5.73 Å². The number of rotatable bonds is 9. The lowest BCUT2D eigenvalue weighted by Crippen LogP contribution is -2.45. The van der Waals surface area contributed by atoms with Gasteiger partial charge in [0.15, 0.2) is 0 Å². The second-order valence-electron chi connectivity index (χ2n) is 4.97. The van der Waals surface area contributed by atoms with Crippen molar-refractivity contribution in [1.29, 1.82) is 0 Å². The van der Waals surface area contributed by atoms with Crippen LogP contribution >= 0.6 is 0 Å². The highest BCUT2D eigenvalue weighted by Gasteiger charge is 2.21. The number of carboxylic acids is 1. The molecule has 1 rings (SSSR count). The zero-order chi connectivity index (χ0) is 17.4. The Morgan fingerprint density at radius 2 is 2.13 bits per heavy atom. The molecule has 7 heteroatoms. The molecule has 1 aromatic rings. The third-order valence-corrected chi connectivity index (χ3v) is 3.24. The molecule has 0 bridgehead atoms. The Balaban J connectivity index is 2.86. The van der Waals surface area contributed by atoms with Crippen molar-refractivity contribution in [3.8, 4) is 0 Å². The SMILES string of the molecule is C=Cc1[nH]cc(C[C@H](NC(=O)CCC(=O)O)C(N)=O)c1/C=C\C. The van der Waals surface area contributed by atoms with Gasteiger partial charge >= 0.3 is 5.97 Å². The lowest BCUT2D eigenvalue weighted by molar-refractivity contribution is -0.139. The highest BCUT2D eigenvalue weighted by molar-refractivity contribution is 5.88. The van der Waals surface area contributed by atoms with Crippen LogP contribution in [0.4, 0.5) is 0 Å². The summed E-state index contributed by atoms with van der Waals surface area (Å²) in [5, 5.41) is 11.0. The van der Waals surface area contributed by atoms with E-state index in [1.807, 2.05) is 19.1 Å². The number of primary amides is 1. The second-order valence-corrected chi connectivity index (χ2v) is 4.97. The van der Waals surface area contributed by atoms with E-state index >= 15 is 0 Å². The van der Waals surface area contributed by atoms with E-state index in [1.54, 1.807) is 12.3 Å². The number of aliphatic carboxylic acids is 1. The van der Waals surface area contributed by atoms with Crippen LogP contribution in [0, 0.1) is 0 Å². The average Bonchev–Trinajstić information content (AvgIpc) is 2.87. The van der Waals surface area contributed by atoms with E-state index < -0.39 is 23.8 Å². The molecule has 1 heterocycles. The zero-order valence-corrected chi connectivity index (χ0v) is 13.0. The van der Waals surface area contributed by atoms with Crippen molar-refractivity contribution in [3.63, 3.8) is 0 Å². The molecule has 0 spiro atoms. The van der Waals surface area contributed by atoms with Gasteiger partial charge in [0.05, 0.1) is 6.42 Å². The fourth-order valence-electron chi connectivity index (χ4n) is 2.12. The summed E-state index contributed by atoms with van der Waals surface area (Å²) < 4.78 is 0. The summed E-state index contributed by atoms with van der Waals surface area (Å²) in [6.07, 6.45) is 6.81. The molecule has 0 aliphatic heterocycles. The van der Waals surface area contributed by atoms with Crippen molar-refractivity contribution in [2.45, 2.75) is 32.2 Å². The molecule has 0 aromatic carbocycles. The van der Waals surface area contributed by atoms with Crippen LogP contribution in [0.3, 0.4) is 0 Å². The summed E-state index contributed by atoms with van der Waals surface area (Å²) in [5.74, 6) is -2.28. The number of hydrogen-bond acceptors (Lipinski definition) is 3. The van der Waals surface area contributed by atoms with Crippen LogP contribution in [0.5, 0.6) is 0 Å². The molecule has 0 radical (unpaired) electrons. The predicted octanol–water partition coefficient (Wildman–Crippen LogP) is 1.07. The van der Waals surface area contributed by atoms with Gasteiger partial charge in [-0.3, -0.25) is 14.4 Å². The van der Waals surface area contributed by atoms with E-state index in [0.29, 0.717) is 0 Å². The van der Waals surface area contributed by atoms with Crippen LogP contribution in [0.1, 0.15) is 36.6 Å². The molecule has 1 atom stereocenters. The van der Waals surface area contributed by atoms with E-state index in [-0.39, 0.29) is 19.3 Å². The van der Waals surface area contributed by atoms with Gasteiger partial charge in [-0.15, -0.1) is 0 Å². The van der Waals surface area contributed by atoms with Gasteiger partial charge in [-0.1, -0.05) is 18.7 Å². The Hall–Kier alpha value is -2.83. The summed E-state index contributed by atoms with van der Waals surface area (Å²) in [6.45, 7) is 5.57. The minimum absolute atomic E-state index is 0.203. The normalized spacial score (nSPS) is 12.0. The molecule has 0 aliphatic carbocycles. The largest absolute Gasteiger partial charge is 0.481 e. The van der Waals surface area contributed by atoms with Crippen LogP contribution in [-0.4, -0.2) is 33.9 Å². The molecule has 0 saturated heterocycles. The van der Waals surface area contributed by atoms with Gasteiger partial charge in [0, 0.05) is 30.3 Å².